The van der Waals surface area contributed by atoms with Crippen molar-refractivity contribution in [3.05, 3.63) is 33.4 Å². The molecule has 1 aliphatic carbocycles. The van der Waals surface area contributed by atoms with Crippen molar-refractivity contribution in [1.82, 2.24) is 10.2 Å². The number of ether oxygens (including phenoxy) is 2. The summed E-state index contributed by atoms with van der Waals surface area (Å²) in [5.41, 5.74) is 0.0278. The molecule has 0 unspecified atom stereocenters. The predicted molar refractivity (Wildman–Crippen MR) is 97.5 cm³/mol. The van der Waals surface area contributed by atoms with Gasteiger partial charge in [0.2, 0.25) is 0 Å². The highest BCUT2D eigenvalue weighted by atomic mass is 16.7. The molecule has 1 aromatic rings. The summed E-state index contributed by atoms with van der Waals surface area (Å²) in [6, 6.07) is 2.33. The van der Waals surface area contributed by atoms with Gasteiger partial charge in [-0.15, -0.1) is 0 Å². The second-order valence-corrected chi connectivity index (χ2v) is 7.63. The Hall–Kier alpha value is -2.68. The molecule has 1 saturated carbocycles. The van der Waals surface area contributed by atoms with Gasteiger partial charge in [-0.3, -0.25) is 19.8 Å². The molecule has 9 heteroatoms. The van der Waals surface area contributed by atoms with Crippen LogP contribution in [0.5, 0.6) is 5.75 Å². The molecule has 4 rings (SSSR count). The van der Waals surface area contributed by atoms with E-state index in [0.717, 1.165) is 32.1 Å². The maximum absolute atomic E-state index is 13.2. The maximum atomic E-state index is 13.2. The van der Waals surface area contributed by atoms with E-state index in [4.69, 9.17) is 9.47 Å². The number of nitrogens with zero attached hydrogens (tertiary/aromatic N) is 2. The summed E-state index contributed by atoms with van der Waals surface area (Å²) in [6.45, 7) is 0.159. The Kier molecular flexibility index (Phi) is 4.92. The highest BCUT2D eigenvalue weighted by Crippen LogP contribution is 2.36. The largest absolute Gasteiger partial charge is 0.467 e. The number of non-ortho nitro benzene ring substituents is 1. The first kappa shape index (κ1) is 18.7. The Morgan fingerprint density at radius 1 is 1.14 bits per heavy atom. The highest BCUT2D eigenvalue weighted by Gasteiger charge is 2.50. The average Bonchev–Trinajstić information content (AvgIpc) is 2.89. The molecule has 3 amide bonds. The van der Waals surface area contributed by atoms with Crippen LogP contribution in [0.2, 0.25) is 0 Å². The molecular weight excluding hydrogens is 366 g/mol. The number of nitro benzene ring substituents is 1. The van der Waals surface area contributed by atoms with Crippen molar-refractivity contribution in [3.8, 4) is 5.75 Å². The number of benzene rings is 1. The zero-order valence-corrected chi connectivity index (χ0v) is 15.6. The van der Waals surface area contributed by atoms with Gasteiger partial charge in [-0.1, -0.05) is 32.1 Å². The lowest BCUT2D eigenvalue weighted by Crippen LogP contribution is -2.47. The first-order valence-electron chi connectivity index (χ1n) is 9.65. The predicted octanol–water partition coefficient (Wildman–Crippen LogP) is 3.00. The minimum absolute atomic E-state index is 0.0297. The van der Waals surface area contributed by atoms with Gasteiger partial charge in [-0.25, -0.2) is 4.79 Å². The molecule has 1 aromatic carbocycles. The summed E-state index contributed by atoms with van der Waals surface area (Å²) in [5.74, 6) is 0.211. The quantitative estimate of drug-likeness (QED) is 0.483. The second kappa shape index (κ2) is 7.38. The number of nitrogens with one attached hydrogen (secondary N) is 1. The van der Waals surface area contributed by atoms with Crippen LogP contribution in [0.1, 0.15) is 56.1 Å². The van der Waals surface area contributed by atoms with Crippen LogP contribution in [0.3, 0.4) is 0 Å². The normalized spacial score (nSPS) is 21.5. The molecule has 0 aromatic heterocycles. The van der Waals surface area contributed by atoms with E-state index in [9.17, 15) is 19.7 Å². The first-order chi connectivity index (χ1) is 13.5. The van der Waals surface area contributed by atoms with Gasteiger partial charge in [0.05, 0.1) is 18.1 Å². The van der Waals surface area contributed by atoms with Crippen LogP contribution in [0.25, 0.3) is 0 Å². The number of carbonyl (C=O) groups is 2. The fourth-order valence-electron chi connectivity index (χ4n) is 4.34. The molecule has 150 valence electrons. The van der Waals surface area contributed by atoms with E-state index in [1.807, 2.05) is 0 Å². The summed E-state index contributed by atoms with van der Waals surface area (Å²) in [7, 11) is 0. The Bertz CT molecular complexity index is 816. The van der Waals surface area contributed by atoms with E-state index < -0.39 is 16.5 Å². The molecule has 1 spiro atoms. The maximum Gasteiger partial charge on any atom is 0.325 e. The van der Waals surface area contributed by atoms with Gasteiger partial charge in [-0.05, 0) is 12.8 Å². The van der Waals surface area contributed by atoms with Crippen molar-refractivity contribution in [1.29, 1.82) is 0 Å². The lowest BCUT2D eigenvalue weighted by atomic mass is 9.84. The van der Waals surface area contributed by atoms with Crippen molar-refractivity contribution in [2.45, 2.75) is 63.6 Å². The van der Waals surface area contributed by atoms with Gasteiger partial charge in [0.1, 0.15) is 11.3 Å². The third kappa shape index (κ3) is 3.30. The lowest BCUT2D eigenvalue weighted by molar-refractivity contribution is -0.385. The van der Waals surface area contributed by atoms with Gasteiger partial charge in [-0.2, -0.15) is 0 Å². The van der Waals surface area contributed by atoms with Crippen LogP contribution >= 0.6 is 0 Å². The number of imide groups is 1. The van der Waals surface area contributed by atoms with E-state index in [2.05, 4.69) is 5.32 Å². The number of fused-ring (bicyclic) bond motifs is 1. The molecule has 0 bridgehead atoms. The highest BCUT2D eigenvalue weighted by molar-refractivity contribution is 6.07. The molecule has 2 fully saturated rings. The minimum atomic E-state index is -0.845. The molecule has 9 nitrogen and oxygen atoms in total. The van der Waals surface area contributed by atoms with Crippen molar-refractivity contribution in [3.63, 3.8) is 0 Å². The molecule has 1 N–H and O–H groups in total. The molecule has 0 atom stereocenters. The smallest absolute Gasteiger partial charge is 0.325 e. The summed E-state index contributed by atoms with van der Waals surface area (Å²) in [4.78, 5) is 37.8. The van der Waals surface area contributed by atoms with Gasteiger partial charge in [0, 0.05) is 23.3 Å². The number of nitro groups is 1. The number of amides is 3. The SMILES string of the molecule is O=C1NC2(CCCCCCC2)C(=O)N1Cc1cc([N+](=O)[O-])cc2c1OCOC2. The number of urea groups is 1. The average molecular weight is 389 g/mol. The Morgan fingerprint density at radius 2 is 1.86 bits per heavy atom. The van der Waals surface area contributed by atoms with Gasteiger partial charge >= 0.3 is 6.03 Å². The minimum Gasteiger partial charge on any atom is -0.467 e. The molecular formula is C19H23N3O6. The summed E-state index contributed by atoms with van der Waals surface area (Å²) >= 11 is 0. The van der Waals surface area contributed by atoms with Gasteiger partial charge in [0.15, 0.2) is 6.79 Å². The number of hydrogen-bond donors (Lipinski definition) is 1. The van der Waals surface area contributed by atoms with Gasteiger partial charge < -0.3 is 14.8 Å². The van der Waals surface area contributed by atoms with Crippen LogP contribution in [0, 0.1) is 10.1 Å². The van der Waals surface area contributed by atoms with Crippen molar-refractivity contribution in [2.75, 3.05) is 6.79 Å². The zero-order chi connectivity index (χ0) is 19.7. The summed E-state index contributed by atoms with van der Waals surface area (Å²) in [5, 5.41) is 14.2. The number of hydrogen-bond acceptors (Lipinski definition) is 6. The molecule has 2 heterocycles. The third-order valence-electron chi connectivity index (χ3n) is 5.76. The molecule has 2 aliphatic heterocycles. The number of rotatable bonds is 3. The lowest BCUT2D eigenvalue weighted by Gasteiger charge is -2.28. The molecule has 28 heavy (non-hydrogen) atoms. The third-order valence-corrected chi connectivity index (χ3v) is 5.76. The van der Waals surface area contributed by atoms with Crippen LogP contribution in [0.15, 0.2) is 12.1 Å². The molecule has 0 radical (unpaired) electrons. The topological polar surface area (TPSA) is 111 Å². The van der Waals surface area contributed by atoms with E-state index in [1.54, 1.807) is 0 Å². The second-order valence-electron chi connectivity index (χ2n) is 7.63. The monoisotopic (exact) mass is 389 g/mol. The van der Waals surface area contributed by atoms with E-state index in [1.165, 1.54) is 17.0 Å². The van der Waals surface area contributed by atoms with E-state index >= 15 is 0 Å². The first-order valence-corrected chi connectivity index (χ1v) is 9.65. The summed E-state index contributed by atoms with van der Waals surface area (Å²) < 4.78 is 10.7. The standard InChI is InChI=1S/C19H23N3O6/c23-17-19(6-4-2-1-3-5-7-19)20-18(24)21(17)10-13-8-15(22(25)26)9-14-11-27-12-28-16(13)14/h8-9H,1-7,10-12H2,(H,20,24). The Labute approximate surface area is 162 Å². The Morgan fingerprint density at radius 3 is 2.57 bits per heavy atom. The zero-order valence-electron chi connectivity index (χ0n) is 15.6. The summed E-state index contributed by atoms with van der Waals surface area (Å²) in [6.07, 6.45) is 6.31. The fourth-order valence-corrected chi connectivity index (χ4v) is 4.34. The van der Waals surface area contributed by atoms with Crippen molar-refractivity contribution >= 4 is 17.6 Å². The van der Waals surface area contributed by atoms with E-state index in [0.29, 0.717) is 29.7 Å². The van der Waals surface area contributed by atoms with E-state index in [-0.39, 0.29) is 31.5 Å². The molecule has 3 aliphatic rings. The van der Waals surface area contributed by atoms with Crippen LogP contribution < -0.4 is 10.1 Å². The fraction of sp³-hybridized carbons (Fsp3) is 0.579. The van der Waals surface area contributed by atoms with Crippen LogP contribution in [-0.4, -0.2) is 34.1 Å². The van der Waals surface area contributed by atoms with Crippen LogP contribution in [0.4, 0.5) is 10.5 Å². The Balaban J connectivity index is 1.63. The number of carbonyl (C=O) groups excluding carboxylic acids is 2. The van der Waals surface area contributed by atoms with Crippen LogP contribution in [-0.2, 0) is 22.7 Å². The van der Waals surface area contributed by atoms with Gasteiger partial charge in [0.25, 0.3) is 11.6 Å². The molecule has 1 saturated heterocycles. The van der Waals surface area contributed by atoms with Crippen molar-refractivity contribution < 1.29 is 24.0 Å². The van der Waals surface area contributed by atoms with Crippen molar-refractivity contribution in [2.24, 2.45) is 0 Å².